The van der Waals surface area contributed by atoms with E-state index in [0.717, 1.165) is 29.7 Å². The summed E-state index contributed by atoms with van der Waals surface area (Å²) in [4.78, 5) is 26.2. The van der Waals surface area contributed by atoms with Crippen molar-refractivity contribution in [1.82, 2.24) is 4.90 Å². The molecule has 6 nitrogen and oxygen atoms in total. The molecule has 0 bridgehead atoms. The molecule has 1 saturated heterocycles. The quantitative estimate of drug-likeness (QED) is 0.587. The molecule has 3 rings (SSSR count). The first-order valence-corrected chi connectivity index (χ1v) is 9.97. The van der Waals surface area contributed by atoms with Gasteiger partial charge in [0.05, 0.1) is 0 Å². The smallest absolute Gasteiger partial charge is 0.264 e. The number of nitrogens with zero attached hydrogens (tertiary/aromatic N) is 2. The number of likely N-dealkylation sites (tertiary alicyclic amines) is 1. The predicted octanol–water partition coefficient (Wildman–Crippen LogP) is 3.85. The van der Waals surface area contributed by atoms with Gasteiger partial charge in [-0.15, -0.1) is 0 Å². The molecule has 0 saturated carbocycles. The maximum atomic E-state index is 12.4. The zero-order chi connectivity index (χ0) is 21.5. The minimum atomic E-state index is -0.245. The molecule has 1 fully saturated rings. The second-order valence-electron chi connectivity index (χ2n) is 7.37. The minimum absolute atomic E-state index is 0.112. The maximum Gasteiger partial charge on any atom is 0.264 e. The fourth-order valence-corrected chi connectivity index (χ4v) is 3.22. The number of hydrogen-bond acceptors (Lipinski definition) is 4. The van der Waals surface area contributed by atoms with Gasteiger partial charge in [0.15, 0.2) is 6.61 Å². The lowest BCUT2D eigenvalue weighted by Gasteiger charge is -2.14. The van der Waals surface area contributed by atoms with Crippen LogP contribution in [0.4, 0.5) is 5.69 Å². The Morgan fingerprint density at radius 1 is 1.10 bits per heavy atom. The highest BCUT2D eigenvalue weighted by Crippen LogP contribution is 2.18. The summed E-state index contributed by atoms with van der Waals surface area (Å²) in [6, 6.07) is 14.7. The number of hydrogen-bond donors (Lipinski definition) is 1. The fourth-order valence-electron chi connectivity index (χ4n) is 3.22. The van der Waals surface area contributed by atoms with E-state index >= 15 is 0 Å². The highest BCUT2D eigenvalue weighted by molar-refractivity contribution is 6.01. The van der Waals surface area contributed by atoms with E-state index in [0.29, 0.717) is 18.8 Å². The highest BCUT2D eigenvalue weighted by Gasteiger charge is 2.21. The third kappa shape index (κ3) is 5.48. The van der Waals surface area contributed by atoms with Crippen LogP contribution in [0.25, 0.3) is 6.08 Å². The molecule has 0 unspecified atom stereocenters. The van der Waals surface area contributed by atoms with Gasteiger partial charge in [-0.05, 0) is 73.7 Å². The molecule has 0 atom stereocenters. The highest BCUT2D eigenvalue weighted by atomic mass is 16.5. The van der Waals surface area contributed by atoms with Crippen LogP contribution in [0, 0.1) is 25.2 Å². The number of rotatable bonds is 6. The number of benzene rings is 2. The Balaban J connectivity index is 1.56. The van der Waals surface area contributed by atoms with Gasteiger partial charge < -0.3 is 15.0 Å². The van der Waals surface area contributed by atoms with Gasteiger partial charge in [0.2, 0.25) is 0 Å². The molecule has 2 amide bonds. The van der Waals surface area contributed by atoms with Gasteiger partial charge in [-0.3, -0.25) is 9.59 Å². The predicted molar refractivity (Wildman–Crippen MR) is 116 cm³/mol. The zero-order valence-electron chi connectivity index (χ0n) is 17.3. The van der Waals surface area contributed by atoms with E-state index in [1.165, 1.54) is 5.56 Å². The van der Waals surface area contributed by atoms with Crippen molar-refractivity contribution in [3.63, 3.8) is 0 Å². The molecule has 1 heterocycles. The van der Waals surface area contributed by atoms with Crippen molar-refractivity contribution in [2.45, 2.75) is 26.7 Å². The molecule has 6 heteroatoms. The van der Waals surface area contributed by atoms with Crippen molar-refractivity contribution < 1.29 is 14.3 Å². The van der Waals surface area contributed by atoms with Crippen LogP contribution >= 0.6 is 0 Å². The molecule has 2 aromatic carbocycles. The number of nitriles is 1. The molecule has 1 N–H and O–H groups in total. The lowest BCUT2D eigenvalue weighted by atomic mass is 10.1. The number of nitrogens with one attached hydrogen (secondary N) is 1. The Morgan fingerprint density at radius 2 is 1.80 bits per heavy atom. The Hall–Kier alpha value is -3.59. The minimum Gasteiger partial charge on any atom is -0.484 e. The van der Waals surface area contributed by atoms with E-state index in [1.807, 2.05) is 38.1 Å². The third-order valence-electron chi connectivity index (χ3n) is 5.10. The number of carbonyl (C=O) groups excluding carboxylic acids is 2. The van der Waals surface area contributed by atoms with Crippen molar-refractivity contribution in [2.75, 3.05) is 25.0 Å². The Labute approximate surface area is 176 Å². The summed E-state index contributed by atoms with van der Waals surface area (Å²) >= 11 is 0. The zero-order valence-corrected chi connectivity index (χ0v) is 17.3. The van der Waals surface area contributed by atoms with Gasteiger partial charge >= 0.3 is 0 Å². The summed E-state index contributed by atoms with van der Waals surface area (Å²) in [5.74, 6) is 0.0651. The lowest BCUT2D eigenvalue weighted by Crippen LogP contribution is -2.28. The van der Waals surface area contributed by atoms with Gasteiger partial charge in [0, 0.05) is 18.8 Å². The topological polar surface area (TPSA) is 82.4 Å². The number of amides is 2. The average molecular weight is 403 g/mol. The molecule has 30 heavy (non-hydrogen) atoms. The van der Waals surface area contributed by atoms with Crippen LogP contribution in [0.15, 0.2) is 48.0 Å². The first kappa shape index (κ1) is 21.1. The molecule has 1 aliphatic heterocycles. The second kappa shape index (κ2) is 9.75. The van der Waals surface area contributed by atoms with Crippen LogP contribution in [-0.4, -0.2) is 36.4 Å². The molecule has 0 spiro atoms. The Morgan fingerprint density at radius 3 is 2.43 bits per heavy atom. The molecule has 2 aromatic rings. The van der Waals surface area contributed by atoms with Crippen molar-refractivity contribution in [1.29, 1.82) is 5.26 Å². The molecular formula is C24H25N3O3. The summed E-state index contributed by atoms with van der Waals surface area (Å²) in [5, 5.41) is 12.1. The average Bonchev–Trinajstić information content (AvgIpc) is 3.28. The summed E-state index contributed by atoms with van der Waals surface area (Å²) in [6.07, 6.45) is 3.54. The molecule has 0 radical (unpaired) electrons. The van der Waals surface area contributed by atoms with E-state index in [1.54, 1.807) is 35.2 Å². The molecular weight excluding hydrogens is 378 g/mol. The standard InChI is InChI=1S/C24H25N3O3/c1-17-5-8-21(13-18(17)2)26-23(28)16-30-22-9-6-19(7-10-22)14-20(15-25)24(29)27-11-3-4-12-27/h5-10,13-14H,3-4,11-12,16H2,1-2H3,(H,26,28)/b20-14+. The third-order valence-corrected chi connectivity index (χ3v) is 5.10. The largest absolute Gasteiger partial charge is 0.484 e. The van der Waals surface area contributed by atoms with Crippen LogP contribution in [0.3, 0.4) is 0 Å². The van der Waals surface area contributed by atoms with Gasteiger partial charge in [-0.1, -0.05) is 18.2 Å². The van der Waals surface area contributed by atoms with E-state index in [-0.39, 0.29) is 24.0 Å². The summed E-state index contributed by atoms with van der Waals surface area (Å²) in [5.41, 5.74) is 3.86. The van der Waals surface area contributed by atoms with E-state index < -0.39 is 0 Å². The van der Waals surface area contributed by atoms with Crippen LogP contribution < -0.4 is 10.1 Å². The van der Waals surface area contributed by atoms with Crippen LogP contribution in [0.1, 0.15) is 29.5 Å². The first-order valence-electron chi connectivity index (χ1n) is 9.97. The number of aryl methyl sites for hydroxylation is 2. The van der Waals surface area contributed by atoms with Gasteiger partial charge in [0.25, 0.3) is 11.8 Å². The molecule has 1 aliphatic rings. The fraction of sp³-hybridized carbons (Fsp3) is 0.292. The summed E-state index contributed by atoms with van der Waals surface area (Å²) < 4.78 is 5.54. The molecule has 154 valence electrons. The lowest BCUT2D eigenvalue weighted by molar-refractivity contribution is -0.125. The van der Waals surface area contributed by atoms with Gasteiger partial charge in [-0.25, -0.2) is 0 Å². The van der Waals surface area contributed by atoms with Crippen LogP contribution in [0.5, 0.6) is 5.75 Å². The van der Waals surface area contributed by atoms with Gasteiger partial charge in [0.1, 0.15) is 17.4 Å². The summed E-state index contributed by atoms with van der Waals surface area (Å²) in [7, 11) is 0. The monoisotopic (exact) mass is 403 g/mol. The van der Waals surface area contributed by atoms with Crippen molar-refractivity contribution >= 4 is 23.6 Å². The second-order valence-corrected chi connectivity index (χ2v) is 7.37. The normalized spacial score (nSPS) is 13.6. The Bertz CT molecular complexity index is 997. The van der Waals surface area contributed by atoms with E-state index in [9.17, 15) is 14.9 Å². The van der Waals surface area contributed by atoms with Crippen LogP contribution in [-0.2, 0) is 9.59 Å². The van der Waals surface area contributed by atoms with Crippen molar-refractivity contribution in [2.24, 2.45) is 0 Å². The van der Waals surface area contributed by atoms with Gasteiger partial charge in [-0.2, -0.15) is 5.26 Å². The van der Waals surface area contributed by atoms with Crippen molar-refractivity contribution in [3.8, 4) is 11.8 Å². The van der Waals surface area contributed by atoms with E-state index in [4.69, 9.17) is 4.74 Å². The number of carbonyl (C=O) groups is 2. The van der Waals surface area contributed by atoms with Crippen molar-refractivity contribution in [3.05, 3.63) is 64.7 Å². The van der Waals surface area contributed by atoms with Crippen LogP contribution in [0.2, 0.25) is 0 Å². The number of ether oxygens (including phenoxy) is 1. The molecule has 0 aliphatic carbocycles. The SMILES string of the molecule is Cc1ccc(NC(=O)COc2ccc(/C=C(\C#N)C(=O)N3CCCC3)cc2)cc1C. The Kier molecular flexibility index (Phi) is 6.87. The number of anilines is 1. The first-order chi connectivity index (χ1) is 14.5. The van der Waals surface area contributed by atoms with E-state index in [2.05, 4.69) is 5.32 Å². The summed E-state index contributed by atoms with van der Waals surface area (Å²) in [6.45, 7) is 5.31. The molecule has 0 aromatic heterocycles. The maximum absolute atomic E-state index is 12.4.